The topological polar surface area (TPSA) is 24.1 Å². The van der Waals surface area contributed by atoms with Gasteiger partial charge < -0.3 is 10.6 Å². The Morgan fingerprint density at radius 2 is 2.00 bits per heavy atom. The Bertz CT molecular complexity index is 319. The minimum Gasteiger partial charge on any atom is -0.380 e. The van der Waals surface area contributed by atoms with Gasteiger partial charge in [0.1, 0.15) is 0 Å². The molecule has 2 nitrogen and oxygen atoms in total. The highest BCUT2D eigenvalue weighted by Gasteiger charge is 2.07. The lowest BCUT2D eigenvalue weighted by Crippen LogP contribution is -2.26. The molecule has 0 saturated heterocycles. The van der Waals surface area contributed by atoms with Gasteiger partial charge in [0.05, 0.1) is 11.4 Å². The number of nitrogens with one attached hydrogen (secondary N) is 2. The molecule has 13 heavy (non-hydrogen) atoms. The summed E-state index contributed by atoms with van der Waals surface area (Å²) >= 11 is 0. The van der Waals surface area contributed by atoms with Crippen molar-refractivity contribution in [1.82, 2.24) is 10.6 Å². The van der Waals surface area contributed by atoms with Gasteiger partial charge in [-0.2, -0.15) is 0 Å². The van der Waals surface area contributed by atoms with E-state index in [0.29, 0.717) is 0 Å². The Morgan fingerprint density at radius 1 is 1.15 bits per heavy atom. The Labute approximate surface area is 78.7 Å². The molecule has 0 amide bonds. The van der Waals surface area contributed by atoms with Gasteiger partial charge in [0.2, 0.25) is 0 Å². The van der Waals surface area contributed by atoms with Crippen LogP contribution in [0, 0.1) is 0 Å². The zero-order chi connectivity index (χ0) is 9.10. The average molecular weight is 174 g/mol. The van der Waals surface area contributed by atoms with Gasteiger partial charge >= 0.3 is 0 Å². The lowest BCUT2D eigenvalue weighted by molar-refractivity contribution is 0.812. The maximum atomic E-state index is 3.34. The fourth-order valence-electron chi connectivity index (χ4n) is 1.48. The van der Waals surface area contributed by atoms with E-state index in [1.807, 2.05) is 0 Å². The monoisotopic (exact) mass is 174 g/mol. The zero-order valence-electron chi connectivity index (χ0n) is 7.80. The molecule has 0 aromatic heterocycles. The first kappa shape index (κ1) is 8.17. The number of hydrogen-bond donors (Lipinski definition) is 2. The molecule has 0 spiro atoms. The van der Waals surface area contributed by atoms with Crippen molar-refractivity contribution in [3.63, 3.8) is 0 Å². The highest BCUT2D eigenvalue weighted by molar-refractivity contribution is 5.40. The van der Waals surface area contributed by atoms with Crippen LogP contribution in [-0.4, -0.2) is 13.1 Å². The highest BCUT2D eigenvalue weighted by atomic mass is 15.0. The standard InChI is InChI=1S/C11H14N2/c1-9-5-7-13-11(8-9)10-4-2-3-6-12-10/h2-5,8,12-13H,6-7H2,1H3. The Hall–Kier alpha value is -1.44. The third kappa shape index (κ3) is 1.83. The average Bonchev–Trinajstić information content (AvgIpc) is 2.19. The summed E-state index contributed by atoms with van der Waals surface area (Å²) in [7, 11) is 0. The van der Waals surface area contributed by atoms with Crippen LogP contribution in [0.25, 0.3) is 0 Å². The highest BCUT2D eigenvalue weighted by Crippen LogP contribution is 2.12. The number of allylic oxidation sites excluding steroid dienone is 4. The molecular formula is C11H14N2. The van der Waals surface area contributed by atoms with E-state index in [2.05, 4.69) is 47.9 Å². The zero-order valence-corrected chi connectivity index (χ0v) is 7.80. The number of dihydropyridines is 2. The van der Waals surface area contributed by atoms with E-state index in [9.17, 15) is 0 Å². The molecule has 0 atom stereocenters. The van der Waals surface area contributed by atoms with Crippen LogP contribution in [0.5, 0.6) is 0 Å². The summed E-state index contributed by atoms with van der Waals surface area (Å²) in [6.07, 6.45) is 10.6. The molecule has 0 aromatic rings. The van der Waals surface area contributed by atoms with E-state index < -0.39 is 0 Å². The van der Waals surface area contributed by atoms with Gasteiger partial charge in [-0.25, -0.2) is 0 Å². The van der Waals surface area contributed by atoms with Gasteiger partial charge in [0.25, 0.3) is 0 Å². The normalized spacial score (nSPS) is 20.8. The van der Waals surface area contributed by atoms with Crippen LogP contribution in [0.1, 0.15) is 6.92 Å². The van der Waals surface area contributed by atoms with Crippen molar-refractivity contribution >= 4 is 0 Å². The van der Waals surface area contributed by atoms with E-state index in [1.54, 1.807) is 0 Å². The van der Waals surface area contributed by atoms with E-state index in [-0.39, 0.29) is 0 Å². The summed E-state index contributed by atoms with van der Waals surface area (Å²) in [5, 5.41) is 6.66. The molecule has 2 aliphatic heterocycles. The molecule has 2 heteroatoms. The van der Waals surface area contributed by atoms with E-state index in [0.717, 1.165) is 13.1 Å². The lowest BCUT2D eigenvalue weighted by Gasteiger charge is -2.19. The van der Waals surface area contributed by atoms with Crippen molar-refractivity contribution in [1.29, 1.82) is 0 Å². The van der Waals surface area contributed by atoms with Gasteiger partial charge in [0, 0.05) is 13.1 Å². The molecule has 0 aliphatic carbocycles. The SMILES string of the molecule is CC1=CCNC(C2=CC=CCN2)=C1. The maximum absolute atomic E-state index is 3.34. The van der Waals surface area contributed by atoms with Crippen LogP contribution in [0.3, 0.4) is 0 Å². The summed E-state index contributed by atoms with van der Waals surface area (Å²) in [5.74, 6) is 0. The predicted octanol–water partition coefficient (Wildman–Crippen LogP) is 1.46. The molecule has 0 unspecified atom stereocenters. The summed E-state index contributed by atoms with van der Waals surface area (Å²) in [5.41, 5.74) is 3.71. The molecular weight excluding hydrogens is 160 g/mol. The van der Waals surface area contributed by atoms with Gasteiger partial charge in [-0.05, 0) is 19.1 Å². The summed E-state index contributed by atoms with van der Waals surface area (Å²) in [6.45, 7) is 3.98. The second kappa shape index (κ2) is 3.52. The molecule has 2 aliphatic rings. The van der Waals surface area contributed by atoms with Crippen LogP contribution < -0.4 is 10.6 Å². The quantitative estimate of drug-likeness (QED) is 0.629. The van der Waals surface area contributed by atoms with Gasteiger partial charge in [-0.3, -0.25) is 0 Å². The molecule has 2 rings (SSSR count). The van der Waals surface area contributed by atoms with Crippen LogP contribution in [-0.2, 0) is 0 Å². The Kier molecular flexibility index (Phi) is 2.21. The van der Waals surface area contributed by atoms with E-state index in [1.165, 1.54) is 17.0 Å². The molecule has 0 aromatic carbocycles. The lowest BCUT2D eigenvalue weighted by atomic mass is 10.1. The second-order valence-corrected chi connectivity index (χ2v) is 3.28. The molecule has 0 radical (unpaired) electrons. The van der Waals surface area contributed by atoms with Crippen LogP contribution >= 0.6 is 0 Å². The van der Waals surface area contributed by atoms with Crippen molar-refractivity contribution in [2.24, 2.45) is 0 Å². The van der Waals surface area contributed by atoms with Crippen molar-refractivity contribution in [3.05, 3.63) is 47.3 Å². The molecule has 0 saturated carbocycles. The first-order valence-electron chi connectivity index (χ1n) is 4.59. The van der Waals surface area contributed by atoms with Crippen molar-refractivity contribution in [3.8, 4) is 0 Å². The van der Waals surface area contributed by atoms with Crippen molar-refractivity contribution in [2.75, 3.05) is 13.1 Å². The van der Waals surface area contributed by atoms with E-state index in [4.69, 9.17) is 0 Å². The fraction of sp³-hybridized carbons (Fsp3) is 0.273. The largest absolute Gasteiger partial charge is 0.380 e. The minimum atomic E-state index is 0.924. The van der Waals surface area contributed by atoms with Crippen LogP contribution in [0.2, 0.25) is 0 Å². The summed E-state index contributed by atoms with van der Waals surface area (Å²) in [4.78, 5) is 0. The van der Waals surface area contributed by atoms with Crippen LogP contribution in [0.15, 0.2) is 47.3 Å². The molecule has 68 valence electrons. The molecule has 0 fully saturated rings. The number of hydrogen-bond acceptors (Lipinski definition) is 2. The van der Waals surface area contributed by atoms with E-state index >= 15 is 0 Å². The first-order chi connectivity index (χ1) is 6.36. The number of rotatable bonds is 1. The third-order valence-corrected chi connectivity index (χ3v) is 2.19. The smallest absolute Gasteiger partial charge is 0.0581 e. The Morgan fingerprint density at radius 3 is 2.69 bits per heavy atom. The van der Waals surface area contributed by atoms with Crippen molar-refractivity contribution in [2.45, 2.75) is 6.92 Å². The molecule has 0 bridgehead atoms. The minimum absolute atomic E-state index is 0.924. The van der Waals surface area contributed by atoms with Gasteiger partial charge in [0.15, 0.2) is 0 Å². The van der Waals surface area contributed by atoms with Crippen molar-refractivity contribution < 1.29 is 0 Å². The fourth-order valence-corrected chi connectivity index (χ4v) is 1.48. The summed E-state index contributed by atoms with van der Waals surface area (Å²) in [6, 6.07) is 0. The summed E-state index contributed by atoms with van der Waals surface area (Å²) < 4.78 is 0. The predicted molar refractivity (Wildman–Crippen MR) is 55.1 cm³/mol. The first-order valence-corrected chi connectivity index (χ1v) is 4.59. The molecule has 2 N–H and O–H groups in total. The van der Waals surface area contributed by atoms with Gasteiger partial charge in [-0.1, -0.05) is 23.8 Å². The third-order valence-electron chi connectivity index (χ3n) is 2.19. The molecule has 2 heterocycles. The second-order valence-electron chi connectivity index (χ2n) is 3.28. The van der Waals surface area contributed by atoms with Gasteiger partial charge in [-0.15, -0.1) is 0 Å². The maximum Gasteiger partial charge on any atom is 0.0581 e. The van der Waals surface area contributed by atoms with Crippen LogP contribution in [0.4, 0.5) is 0 Å². The Balaban J connectivity index is 2.20.